The van der Waals surface area contributed by atoms with Crippen LogP contribution in [0.5, 0.6) is 5.75 Å². The van der Waals surface area contributed by atoms with Gasteiger partial charge in [0.2, 0.25) is 5.75 Å². The molecule has 0 aromatic heterocycles. The van der Waals surface area contributed by atoms with Crippen LogP contribution in [0.1, 0.15) is 43.2 Å². The van der Waals surface area contributed by atoms with Crippen molar-refractivity contribution >= 4 is 44.5 Å². The van der Waals surface area contributed by atoms with Crippen LogP contribution in [0.2, 0.25) is 0 Å². The molecular weight excluding hydrogens is 669 g/mol. The number of halogens is 1. The highest BCUT2D eigenvalue weighted by molar-refractivity contribution is 6.07. The maximum absolute atomic E-state index is 13.4. The maximum atomic E-state index is 13.4. The Labute approximate surface area is 308 Å². The van der Waals surface area contributed by atoms with Crippen molar-refractivity contribution < 1.29 is 23.6 Å². The molecule has 3 aliphatic rings. The topological polar surface area (TPSA) is 85.2 Å². The van der Waals surface area contributed by atoms with Gasteiger partial charge in [-0.1, -0.05) is 66.3 Å². The first-order valence-corrected chi connectivity index (χ1v) is 18.5. The third-order valence-electron chi connectivity index (χ3n) is 11.1. The molecule has 0 bridgehead atoms. The molecular formula is C44H42FN3O5. The lowest BCUT2D eigenvalue weighted by Gasteiger charge is -2.36. The van der Waals surface area contributed by atoms with Crippen LogP contribution in [0.25, 0.3) is 38.2 Å². The molecule has 2 aliphatic carbocycles. The van der Waals surface area contributed by atoms with Crippen LogP contribution in [-0.2, 0) is 16.0 Å². The fourth-order valence-corrected chi connectivity index (χ4v) is 8.39. The summed E-state index contributed by atoms with van der Waals surface area (Å²) in [6.07, 6.45) is 8.55. The van der Waals surface area contributed by atoms with Gasteiger partial charge < -0.3 is 14.4 Å². The first kappa shape index (κ1) is 34.5. The average Bonchev–Trinajstić information content (AvgIpc) is 3.19. The second kappa shape index (κ2) is 14.8. The van der Waals surface area contributed by atoms with Gasteiger partial charge in [0.1, 0.15) is 5.82 Å². The molecule has 1 fully saturated rings. The quantitative estimate of drug-likeness (QED) is 0.0811. The van der Waals surface area contributed by atoms with Gasteiger partial charge in [0.05, 0.1) is 17.4 Å². The first-order chi connectivity index (χ1) is 25.9. The van der Waals surface area contributed by atoms with Crippen LogP contribution >= 0.6 is 0 Å². The van der Waals surface area contributed by atoms with Gasteiger partial charge in [-0.2, -0.15) is 0 Å². The van der Waals surface area contributed by atoms with Gasteiger partial charge in [0.25, 0.3) is 0 Å². The number of methoxy groups -OCH3 is 1. The Morgan fingerprint density at radius 1 is 0.868 bits per heavy atom. The Balaban J connectivity index is 1.12. The summed E-state index contributed by atoms with van der Waals surface area (Å²) in [5.74, 6) is -0.751. The van der Waals surface area contributed by atoms with Crippen LogP contribution in [0.4, 0.5) is 15.8 Å². The molecule has 0 N–H and O–H groups in total. The molecule has 53 heavy (non-hydrogen) atoms. The van der Waals surface area contributed by atoms with Crippen molar-refractivity contribution in [1.29, 1.82) is 0 Å². The monoisotopic (exact) mass is 711 g/mol. The van der Waals surface area contributed by atoms with Crippen LogP contribution < -0.4 is 9.64 Å². The molecule has 0 radical (unpaired) electrons. The molecule has 270 valence electrons. The summed E-state index contributed by atoms with van der Waals surface area (Å²) in [5, 5.41) is 16.2. The number of carbonyl (C=O) groups excluding carboxylic acids is 1. The summed E-state index contributed by atoms with van der Waals surface area (Å²) < 4.78 is 25.2. The van der Waals surface area contributed by atoms with Crippen molar-refractivity contribution in [3.63, 3.8) is 0 Å². The summed E-state index contributed by atoms with van der Waals surface area (Å²) in [6, 6.07) is 26.2. The fourth-order valence-electron chi connectivity index (χ4n) is 8.39. The van der Waals surface area contributed by atoms with Crippen molar-refractivity contribution in [2.75, 3.05) is 44.7 Å². The minimum Gasteiger partial charge on any atom is -0.471 e. The zero-order valence-corrected chi connectivity index (χ0v) is 29.9. The molecule has 1 atom stereocenters. The Morgan fingerprint density at radius 3 is 2.45 bits per heavy atom. The van der Waals surface area contributed by atoms with E-state index >= 15 is 0 Å². The maximum Gasteiger partial charge on any atom is 0.347 e. The predicted octanol–water partition coefficient (Wildman–Crippen LogP) is 9.28. The van der Waals surface area contributed by atoms with Gasteiger partial charge in [-0.3, -0.25) is 15.0 Å². The van der Waals surface area contributed by atoms with Crippen molar-refractivity contribution in [2.45, 2.75) is 44.6 Å². The van der Waals surface area contributed by atoms with E-state index in [-0.39, 0.29) is 17.3 Å². The molecule has 9 heteroatoms. The number of esters is 1. The number of nitro groups is 1. The van der Waals surface area contributed by atoms with E-state index in [9.17, 15) is 19.3 Å². The van der Waals surface area contributed by atoms with Gasteiger partial charge in [-0.05, 0) is 120 Å². The molecule has 0 saturated carbocycles. The van der Waals surface area contributed by atoms with E-state index in [4.69, 9.17) is 9.47 Å². The minimum absolute atomic E-state index is 0.0717. The molecule has 0 amide bonds. The number of fused-ring (bicyclic) bond motifs is 5. The largest absolute Gasteiger partial charge is 0.471 e. The number of allylic oxidation sites excluding steroid dienone is 4. The molecule has 1 unspecified atom stereocenters. The highest BCUT2D eigenvalue weighted by Gasteiger charge is 2.32. The van der Waals surface area contributed by atoms with Crippen LogP contribution in [-0.4, -0.2) is 61.7 Å². The molecule has 1 saturated heterocycles. The van der Waals surface area contributed by atoms with E-state index in [1.165, 1.54) is 41.5 Å². The van der Waals surface area contributed by atoms with E-state index in [1.807, 2.05) is 30.3 Å². The number of aryl methyl sites for hydroxylation is 1. The number of anilines is 1. The normalized spacial score (nSPS) is 16.4. The molecule has 1 heterocycles. The average molecular weight is 712 g/mol. The standard InChI is InChI=1S/C44H42FN3O5/c1-52-44(49)41(14-7-23-46-24-26-47(27-25-46)32-18-16-31(45)17-19-32)53-43-40(28-30-9-3-5-11-34(30)42(43)48(50)51)36-13-6-12-35-38-20-15-29-8-2-4-10-33(29)37(38)21-22-39(35)36/h3-6,9-13,16-19,21-22,28,41H,2,7-8,14-15,20,23-27H2,1H3. The highest BCUT2D eigenvalue weighted by Crippen LogP contribution is 2.48. The zero-order valence-electron chi connectivity index (χ0n) is 29.9. The number of nitro benzene ring substituents is 1. The van der Waals surface area contributed by atoms with Crippen molar-refractivity contribution in [2.24, 2.45) is 0 Å². The molecule has 0 spiro atoms. The van der Waals surface area contributed by atoms with Crippen LogP contribution in [0.15, 0.2) is 103 Å². The van der Waals surface area contributed by atoms with Crippen LogP contribution in [0.3, 0.4) is 0 Å². The molecule has 5 aromatic carbocycles. The highest BCUT2D eigenvalue weighted by atomic mass is 19.1. The van der Waals surface area contributed by atoms with Gasteiger partial charge in [0, 0.05) is 37.4 Å². The number of hydrogen-bond acceptors (Lipinski definition) is 7. The predicted molar refractivity (Wildman–Crippen MR) is 208 cm³/mol. The Hall–Kier alpha value is -5.54. The number of rotatable bonds is 10. The van der Waals surface area contributed by atoms with E-state index in [0.717, 1.165) is 80.4 Å². The molecule has 5 aromatic rings. The van der Waals surface area contributed by atoms with Crippen LogP contribution in [0, 0.1) is 15.9 Å². The van der Waals surface area contributed by atoms with E-state index in [0.29, 0.717) is 29.2 Å². The number of hydrogen-bond donors (Lipinski definition) is 0. The van der Waals surface area contributed by atoms with Crippen molar-refractivity contribution in [3.05, 3.63) is 130 Å². The van der Waals surface area contributed by atoms with E-state index < -0.39 is 17.0 Å². The molecule has 8 rings (SSSR count). The third-order valence-corrected chi connectivity index (χ3v) is 11.1. The second-order valence-corrected chi connectivity index (χ2v) is 14.1. The first-order valence-electron chi connectivity index (χ1n) is 18.5. The van der Waals surface area contributed by atoms with Gasteiger partial charge in [0.15, 0.2) is 6.10 Å². The van der Waals surface area contributed by atoms with E-state index in [1.54, 1.807) is 24.3 Å². The van der Waals surface area contributed by atoms with Crippen molar-refractivity contribution in [1.82, 2.24) is 4.90 Å². The number of benzene rings is 5. The van der Waals surface area contributed by atoms with E-state index in [2.05, 4.69) is 40.2 Å². The summed E-state index contributed by atoms with van der Waals surface area (Å²) in [7, 11) is 1.32. The van der Waals surface area contributed by atoms with Gasteiger partial charge >= 0.3 is 11.7 Å². The van der Waals surface area contributed by atoms with Gasteiger partial charge in [-0.25, -0.2) is 9.18 Å². The Bertz CT molecular complexity index is 2270. The number of carbonyl (C=O) groups is 1. The third kappa shape index (κ3) is 6.77. The minimum atomic E-state index is -1.05. The summed E-state index contributed by atoms with van der Waals surface area (Å²) in [6.45, 7) is 3.97. The number of nitrogens with zero attached hydrogens (tertiary/aromatic N) is 3. The SMILES string of the molecule is COC(=O)C(CCCN1CCN(c2ccc(F)cc2)CC1)Oc1c(-c2cccc3c4c(ccc23)C2=C(CCC=C2)CC4)cc2ccccc2c1[N+](=O)[O-]. The molecule has 1 aliphatic heterocycles. The Morgan fingerprint density at radius 2 is 1.66 bits per heavy atom. The smallest absolute Gasteiger partial charge is 0.347 e. The number of ether oxygens (including phenoxy) is 2. The van der Waals surface area contributed by atoms with Gasteiger partial charge in [-0.15, -0.1) is 0 Å². The summed E-state index contributed by atoms with van der Waals surface area (Å²) >= 11 is 0. The lowest BCUT2D eigenvalue weighted by atomic mass is 9.79. The Kier molecular flexibility index (Phi) is 9.67. The molecule has 8 nitrogen and oxygen atoms in total. The number of piperazine rings is 1. The lowest BCUT2D eigenvalue weighted by Crippen LogP contribution is -2.46. The zero-order chi connectivity index (χ0) is 36.5. The summed E-state index contributed by atoms with van der Waals surface area (Å²) in [5.41, 5.74) is 7.60. The second-order valence-electron chi connectivity index (χ2n) is 14.1. The fraction of sp³-hybridized carbons (Fsp3) is 0.295. The lowest BCUT2D eigenvalue weighted by molar-refractivity contribution is -0.384. The van der Waals surface area contributed by atoms with Crippen molar-refractivity contribution in [3.8, 4) is 16.9 Å². The summed E-state index contributed by atoms with van der Waals surface area (Å²) in [4.78, 5) is 30.5.